The van der Waals surface area contributed by atoms with Crippen LogP contribution in [-0.2, 0) is 4.79 Å². The molecule has 2 aliphatic heterocycles. The van der Waals surface area contributed by atoms with Gasteiger partial charge in [0.1, 0.15) is 11.9 Å². The molecular formula is C27H27ClF3N5O3. The van der Waals surface area contributed by atoms with Gasteiger partial charge in [-0.2, -0.15) is 23.1 Å². The van der Waals surface area contributed by atoms with Crippen LogP contribution in [0.1, 0.15) is 30.9 Å². The monoisotopic (exact) mass is 561 g/mol. The van der Waals surface area contributed by atoms with Crippen molar-refractivity contribution in [2.75, 3.05) is 30.3 Å². The Morgan fingerprint density at radius 2 is 1.87 bits per heavy atom. The number of alkyl halides is 3. The summed E-state index contributed by atoms with van der Waals surface area (Å²) in [6.45, 7) is 1.69. The number of ether oxygens (including phenoxy) is 1. The van der Waals surface area contributed by atoms with Crippen LogP contribution in [0.25, 0.3) is 11.1 Å². The molecule has 0 saturated carbocycles. The average molecular weight is 562 g/mol. The van der Waals surface area contributed by atoms with E-state index in [0.717, 1.165) is 0 Å². The summed E-state index contributed by atoms with van der Waals surface area (Å²) < 4.78 is 48.7. The minimum Gasteiger partial charge on any atom is -0.480 e. The number of aliphatic carboxylic acids is 1. The number of carboxylic acid groups (broad SMARTS) is 1. The Hall–Kier alpha value is -3.57. The summed E-state index contributed by atoms with van der Waals surface area (Å²) in [6.07, 6.45) is -5.16. The van der Waals surface area contributed by atoms with Crippen LogP contribution in [0, 0.1) is 5.41 Å². The molecule has 4 N–H and O–H groups in total. The number of anilines is 2. The Balaban J connectivity index is 1.40. The second-order valence-corrected chi connectivity index (χ2v) is 10.5. The highest BCUT2D eigenvalue weighted by atomic mass is 35.5. The molecule has 0 amide bonds. The fourth-order valence-electron chi connectivity index (χ4n) is 5.39. The number of carboxylic acids is 1. The minimum atomic E-state index is -4.77. The smallest absolute Gasteiger partial charge is 0.429 e. The number of hydrogen-bond acceptors (Lipinski definition) is 7. The maximum atomic E-state index is 14.4. The van der Waals surface area contributed by atoms with Crippen LogP contribution >= 0.6 is 11.6 Å². The Labute approximate surface area is 228 Å². The number of piperidine rings is 1. The van der Waals surface area contributed by atoms with Gasteiger partial charge in [-0.25, -0.2) is 0 Å². The summed E-state index contributed by atoms with van der Waals surface area (Å²) in [6, 6.07) is 13.6. The highest BCUT2D eigenvalue weighted by molar-refractivity contribution is 6.30. The topological polar surface area (TPSA) is 114 Å². The van der Waals surface area contributed by atoms with Crippen LogP contribution < -0.4 is 20.7 Å². The summed E-state index contributed by atoms with van der Waals surface area (Å²) in [7, 11) is 0. The molecule has 39 heavy (non-hydrogen) atoms. The zero-order chi connectivity index (χ0) is 27.8. The standard InChI is InChI=1S/C27H27ClF3N5O3/c28-17-6-7-18(19(12-17)16-4-2-1-3-5-16)23(27(29,30)31)39-22-13-21(34-25(32)35-22)36-10-8-26(9-11-36)14-20(24(37)38)33-15-26/h1-7,12-13,20,23,33H,8-11,14-15H2,(H,37,38)(H2,32,34,35)/t20-,23?/m0/s1. The second kappa shape index (κ2) is 10.5. The van der Waals surface area contributed by atoms with Crippen LogP contribution in [0.3, 0.4) is 0 Å². The van der Waals surface area contributed by atoms with Crippen molar-refractivity contribution in [2.24, 2.45) is 5.41 Å². The number of aromatic nitrogens is 2. The predicted octanol–water partition coefficient (Wildman–Crippen LogP) is 5.09. The SMILES string of the molecule is Nc1nc(OC(c2ccc(Cl)cc2-c2ccccc2)C(F)(F)F)cc(N2CCC3(CC2)CN[C@H](C(=O)O)C3)n1. The molecule has 1 spiro atoms. The molecule has 2 fully saturated rings. The van der Waals surface area contributed by atoms with E-state index in [4.69, 9.17) is 22.1 Å². The zero-order valence-electron chi connectivity index (χ0n) is 20.8. The molecule has 0 bridgehead atoms. The molecule has 8 nitrogen and oxygen atoms in total. The molecule has 1 unspecified atom stereocenters. The molecule has 3 heterocycles. The zero-order valence-corrected chi connectivity index (χ0v) is 21.5. The predicted molar refractivity (Wildman–Crippen MR) is 141 cm³/mol. The number of rotatable bonds is 6. The number of halogens is 4. The lowest BCUT2D eigenvalue weighted by Gasteiger charge is -2.39. The Morgan fingerprint density at radius 1 is 1.15 bits per heavy atom. The van der Waals surface area contributed by atoms with Gasteiger partial charge in [0.2, 0.25) is 17.9 Å². The van der Waals surface area contributed by atoms with Crippen LogP contribution in [-0.4, -0.2) is 52.9 Å². The molecule has 2 aliphatic rings. The highest BCUT2D eigenvalue weighted by Gasteiger charge is 2.46. The first-order chi connectivity index (χ1) is 18.5. The third kappa shape index (κ3) is 5.89. The van der Waals surface area contributed by atoms with Gasteiger partial charge in [-0.15, -0.1) is 0 Å². The molecule has 2 atom stereocenters. The number of carbonyl (C=O) groups is 1. The average Bonchev–Trinajstić information content (AvgIpc) is 3.31. The van der Waals surface area contributed by atoms with E-state index in [2.05, 4.69) is 15.3 Å². The number of hydrogen-bond donors (Lipinski definition) is 3. The van der Waals surface area contributed by atoms with Crippen LogP contribution in [0.5, 0.6) is 5.88 Å². The molecule has 0 radical (unpaired) electrons. The van der Waals surface area contributed by atoms with Crippen molar-refractivity contribution in [2.45, 2.75) is 37.6 Å². The molecule has 206 valence electrons. The van der Waals surface area contributed by atoms with Crippen LogP contribution in [0.15, 0.2) is 54.6 Å². The van der Waals surface area contributed by atoms with Crippen LogP contribution in [0.4, 0.5) is 24.9 Å². The third-order valence-electron chi connectivity index (χ3n) is 7.43. The summed E-state index contributed by atoms with van der Waals surface area (Å²) in [5, 5.41) is 12.7. The quantitative estimate of drug-likeness (QED) is 0.381. The number of nitrogens with two attached hydrogens (primary N) is 1. The summed E-state index contributed by atoms with van der Waals surface area (Å²) >= 11 is 6.14. The molecule has 2 saturated heterocycles. The minimum absolute atomic E-state index is 0.113. The first-order valence-corrected chi connectivity index (χ1v) is 12.8. The fraction of sp³-hybridized carbons (Fsp3) is 0.370. The van der Waals surface area contributed by atoms with Crippen molar-refractivity contribution >= 4 is 29.3 Å². The maximum absolute atomic E-state index is 14.4. The molecule has 3 aromatic rings. The van der Waals surface area contributed by atoms with Crippen molar-refractivity contribution in [1.29, 1.82) is 0 Å². The van der Waals surface area contributed by atoms with Gasteiger partial charge in [-0.05, 0) is 47.9 Å². The van der Waals surface area contributed by atoms with Gasteiger partial charge in [-0.1, -0.05) is 48.0 Å². The second-order valence-electron chi connectivity index (χ2n) is 10.0. The lowest BCUT2D eigenvalue weighted by atomic mass is 9.76. The van der Waals surface area contributed by atoms with E-state index in [9.17, 15) is 23.1 Å². The highest BCUT2D eigenvalue weighted by Crippen LogP contribution is 2.43. The number of nitrogen functional groups attached to an aromatic ring is 1. The number of benzene rings is 2. The Kier molecular flexibility index (Phi) is 7.30. The van der Waals surface area contributed by atoms with Crippen molar-refractivity contribution in [1.82, 2.24) is 15.3 Å². The largest absolute Gasteiger partial charge is 0.480 e. The first-order valence-electron chi connectivity index (χ1n) is 12.5. The van der Waals surface area contributed by atoms with E-state index < -0.39 is 24.3 Å². The van der Waals surface area contributed by atoms with Crippen LogP contribution in [0.2, 0.25) is 5.02 Å². The normalized spacial score (nSPS) is 19.7. The van der Waals surface area contributed by atoms with Gasteiger partial charge in [0, 0.05) is 36.3 Å². The van der Waals surface area contributed by atoms with E-state index in [1.807, 2.05) is 4.90 Å². The molecule has 0 aliphatic carbocycles. The maximum Gasteiger partial charge on any atom is 0.429 e. The number of nitrogens with one attached hydrogen (secondary N) is 1. The third-order valence-corrected chi connectivity index (χ3v) is 7.67. The van der Waals surface area contributed by atoms with Crippen molar-refractivity contribution in [3.8, 4) is 17.0 Å². The Bertz CT molecular complexity index is 1350. The molecule has 5 rings (SSSR count). The number of nitrogens with zero attached hydrogens (tertiary/aromatic N) is 3. The summed E-state index contributed by atoms with van der Waals surface area (Å²) in [5.74, 6) is -1.03. The molecule has 1 aromatic heterocycles. The summed E-state index contributed by atoms with van der Waals surface area (Å²) in [4.78, 5) is 21.5. The van der Waals surface area contributed by atoms with Crippen molar-refractivity contribution in [3.05, 3.63) is 65.2 Å². The molecule has 12 heteroatoms. The Morgan fingerprint density at radius 3 is 2.51 bits per heavy atom. The van der Waals surface area contributed by atoms with E-state index in [1.54, 1.807) is 30.3 Å². The first kappa shape index (κ1) is 27.0. The lowest BCUT2D eigenvalue weighted by molar-refractivity contribution is -0.198. The van der Waals surface area contributed by atoms with Gasteiger partial charge >= 0.3 is 12.1 Å². The van der Waals surface area contributed by atoms with Crippen molar-refractivity contribution < 1.29 is 27.8 Å². The van der Waals surface area contributed by atoms with E-state index in [1.165, 1.54) is 24.3 Å². The molecular weight excluding hydrogens is 535 g/mol. The van der Waals surface area contributed by atoms with Gasteiger partial charge in [0.15, 0.2) is 0 Å². The lowest BCUT2D eigenvalue weighted by Crippen LogP contribution is -2.41. The fourth-order valence-corrected chi connectivity index (χ4v) is 5.56. The van der Waals surface area contributed by atoms with Gasteiger partial charge in [0.25, 0.3) is 0 Å². The van der Waals surface area contributed by atoms with E-state index in [0.29, 0.717) is 60.9 Å². The van der Waals surface area contributed by atoms with Gasteiger partial charge < -0.3 is 25.8 Å². The van der Waals surface area contributed by atoms with E-state index >= 15 is 0 Å². The van der Waals surface area contributed by atoms with Gasteiger partial charge in [0.05, 0.1) is 0 Å². The van der Waals surface area contributed by atoms with E-state index in [-0.39, 0.29) is 22.8 Å². The molecule has 2 aromatic carbocycles. The van der Waals surface area contributed by atoms with Gasteiger partial charge in [-0.3, -0.25) is 4.79 Å². The van der Waals surface area contributed by atoms with Crippen molar-refractivity contribution in [3.63, 3.8) is 0 Å². The summed E-state index contributed by atoms with van der Waals surface area (Å²) in [5.41, 5.74) is 6.49.